The van der Waals surface area contributed by atoms with Gasteiger partial charge >= 0.3 is 0 Å². The van der Waals surface area contributed by atoms with Gasteiger partial charge in [0, 0.05) is 21.5 Å². The van der Waals surface area contributed by atoms with Crippen LogP contribution in [-0.2, 0) is 4.79 Å². The van der Waals surface area contributed by atoms with Gasteiger partial charge in [-0.2, -0.15) is 0 Å². The van der Waals surface area contributed by atoms with Crippen molar-refractivity contribution in [1.82, 2.24) is 4.90 Å². The van der Waals surface area contributed by atoms with Crippen molar-refractivity contribution >= 4 is 55.7 Å². The summed E-state index contributed by atoms with van der Waals surface area (Å²) in [5, 5.41) is 1.75. The van der Waals surface area contributed by atoms with Crippen LogP contribution >= 0.6 is 27.7 Å². The molecule has 2 heterocycles. The minimum Gasteiger partial charge on any atom is -0.491 e. The Morgan fingerprint density at radius 3 is 2.67 bits per heavy atom. The molecule has 33 heavy (non-hydrogen) atoms. The van der Waals surface area contributed by atoms with Crippen LogP contribution in [0.25, 0.3) is 28.2 Å². The summed E-state index contributed by atoms with van der Waals surface area (Å²) in [5.74, 6) is 1.59. The van der Waals surface area contributed by atoms with Crippen molar-refractivity contribution in [2.75, 3.05) is 13.2 Å². The van der Waals surface area contributed by atoms with E-state index < -0.39 is 0 Å². The molecule has 1 aromatic heterocycles. The van der Waals surface area contributed by atoms with Crippen LogP contribution in [0.1, 0.15) is 5.76 Å². The zero-order chi connectivity index (χ0) is 22.8. The van der Waals surface area contributed by atoms with E-state index >= 15 is 0 Å². The lowest BCUT2D eigenvalue weighted by Crippen LogP contribution is -2.32. The topological polar surface area (TPSA) is 59.8 Å². The number of carbonyl (C=O) groups is 2. The molecular formula is C26H18BrNO4S. The normalized spacial score (nSPS) is 15.1. The highest BCUT2D eigenvalue weighted by Gasteiger charge is 2.35. The maximum absolute atomic E-state index is 12.8. The second-order valence-electron chi connectivity index (χ2n) is 7.37. The molecule has 0 radical (unpaired) electrons. The Balaban J connectivity index is 1.26. The van der Waals surface area contributed by atoms with Crippen molar-refractivity contribution in [1.29, 1.82) is 0 Å². The van der Waals surface area contributed by atoms with Crippen LogP contribution in [0.15, 0.2) is 92.7 Å². The summed E-state index contributed by atoms with van der Waals surface area (Å²) in [5.41, 5.74) is 0.919. The lowest BCUT2D eigenvalue weighted by atomic mass is 10.1. The molecule has 0 spiro atoms. The van der Waals surface area contributed by atoms with Gasteiger partial charge in [-0.1, -0.05) is 64.5 Å². The first kappa shape index (κ1) is 21.6. The van der Waals surface area contributed by atoms with Gasteiger partial charge in [-0.15, -0.1) is 0 Å². The number of benzene rings is 3. The standard InChI is InChI=1S/C26H18BrNO4S/c27-19-8-3-7-18(15-19)22-12-11-20(32-22)16-24-25(29)28(26(30)33-24)13-14-31-23-10-4-6-17-5-1-2-9-21(17)23/h1-12,15-16H,13-14H2/b24-16-. The van der Waals surface area contributed by atoms with E-state index in [1.54, 1.807) is 12.1 Å². The van der Waals surface area contributed by atoms with E-state index in [9.17, 15) is 9.59 Å². The third kappa shape index (κ3) is 4.60. The van der Waals surface area contributed by atoms with Crippen molar-refractivity contribution in [2.45, 2.75) is 0 Å². The average molecular weight is 520 g/mol. The molecule has 1 aliphatic rings. The van der Waals surface area contributed by atoms with Crippen LogP contribution in [0.2, 0.25) is 0 Å². The summed E-state index contributed by atoms with van der Waals surface area (Å²) in [6.07, 6.45) is 1.61. The summed E-state index contributed by atoms with van der Waals surface area (Å²) in [6, 6.07) is 25.1. The fourth-order valence-electron chi connectivity index (χ4n) is 3.62. The third-order valence-corrected chi connectivity index (χ3v) is 6.61. The number of hydrogen-bond acceptors (Lipinski definition) is 5. The van der Waals surface area contributed by atoms with Crippen LogP contribution in [0.3, 0.4) is 0 Å². The number of ether oxygens (including phenoxy) is 1. The number of imide groups is 1. The number of thioether (sulfide) groups is 1. The van der Waals surface area contributed by atoms with E-state index in [1.165, 1.54) is 4.90 Å². The molecule has 0 bridgehead atoms. The Bertz CT molecular complexity index is 1390. The van der Waals surface area contributed by atoms with Crippen LogP contribution < -0.4 is 4.74 Å². The third-order valence-electron chi connectivity index (χ3n) is 5.20. The second kappa shape index (κ2) is 9.29. The number of nitrogens with zero attached hydrogens (tertiary/aromatic N) is 1. The summed E-state index contributed by atoms with van der Waals surface area (Å²) in [6.45, 7) is 0.389. The Morgan fingerprint density at radius 2 is 1.79 bits per heavy atom. The average Bonchev–Trinajstić information content (AvgIpc) is 3.39. The minimum atomic E-state index is -0.341. The van der Waals surface area contributed by atoms with Crippen LogP contribution in [0.4, 0.5) is 4.79 Å². The van der Waals surface area contributed by atoms with Crippen LogP contribution in [0, 0.1) is 0 Å². The molecule has 0 N–H and O–H groups in total. The smallest absolute Gasteiger partial charge is 0.293 e. The van der Waals surface area contributed by atoms with Crippen molar-refractivity contribution in [3.63, 3.8) is 0 Å². The number of hydrogen-bond donors (Lipinski definition) is 0. The molecule has 164 valence electrons. The van der Waals surface area contributed by atoms with Gasteiger partial charge in [-0.25, -0.2) is 0 Å². The van der Waals surface area contributed by atoms with Gasteiger partial charge in [0.1, 0.15) is 23.9 Å². The molecule has 5 nitrogen and oxygen atoms in total. The van der Waals surface area contributed by atoms with Gasteiger partial charge in [-0.05, 0) is 47.5 Å². The summed E-state index contributed by atoms with van der Waals surface area (Å²) < 4.78 is 12.7. The van der Waals surface area contributed by atoms with Crippen LogP contribution in [-0.4, -0.2) is 29.2 Å². The highest BCUT2D eigenvalue weighted by Crippen LogP contribution is 2.34. The molecule has 1 fully saturated rings. The van der Waals surface area contributed by atoms with Gasteiger partial charge in [0.25, 0.3) is 11.1 Å². The largest absolute Gasteiger partial charge is 0.491 e. The summed E-state index contributed by atoms with van der Waals surface area (Å²) in [7, 11) is 0. The SMILES string of the molecule is O=C1S/C(=C\c2ccc(-c3cccc(Br)c3)o2)C(=O)N1CCOc1cccc2ccccc12. The molecule has 2 amide bonds. The minimum absolute atomic E-state index is 0.173. The zero-order valence-electron chi connectivity index (χ0n) is 17.4. The lowest BCUT2D eigenvalue weighted by Gasteiger charge is -2.14. The zero-order valence-corrected chi connectivity index (χ0v) is 19.8. The summed E-state index contributed by atoms with van der Waals surface area (Å²) in [4.78, 5) is 26.8. The highest BCUT2D eigenvalue weighted by atomic mass is 79.9. The maximum Gasteiger partial charge on any atom is 0.293 e. The molecule has 0 atom stereocenters. The molecule has 1 aliphatic heterocycles. The Morgan fingerprint density at radius 1 is 0.970 bits per heavy atom. The maximum atomic E-state index is 12.8. The van der Waals surface area contributed by atoms with Gasteiger partial charge in [0.2, 0.25) is 0 Å². The molecule has 0 unspecified atom stereocenters. The predicted octanol–water partition coefficient (Wildman–Crippen LogP) is 6.98. The van der Waals surface area contributed by atoms with Crippen LogP contribution in [0.5, 0.6) is 5.75 Å². The monoisotopic (exact) mass is 519 g/mol. The van der Waals surface area contributed by atoms with Crippen molar-refractivity contribution in [3.8, 4) is 17.1 Å². The Labute approximate surface area is 203 Å². The lowest BCUT2D eigenvalue weighted by molar-refractivity contribution is -0.123. The number of rotatable bonds is 6. The van der Waals surface area contributed by atoms with Gasteiger partial charge < -0.3 is 9.15 Å². The van der Waals surface area contributed by atoms with Crippen molar-refractivity contribution in [3.05, 3.63) is 94.0 Å². The van der Waals surface area contributed by atoms with Gasteiger partial charge in [0.05, 0.1) is 11.4 Å². The fraction of sp³-hybridized carbons (Fsp3) is 0.0769. The Hall–Kier alpha value is -3.29. The first-order chi connectivity index (χ1) is 16.1. The number of fused-ring (bicyclic) bond motifs is 1. The van der Waals surface area contributed by atoms with E-state index in [1.807, 2.05) is 72.8 Å². The van der Waals surface area contributed by atoms with Crippen molar-refractivity contribution < 1.29 is 18.7 Å². The molecule has 1 saturated heterocycles. The molecule has 0 saturated carbocycles. The first-order valence-electron chi connectivity index (χ1n) is 10.3. The first-order valence-corrected chi connectivity index (χ1v) is 11.9. The molecule has 5 rings (SSSR count). The van der Waals surface area contributed by atoms with Gasteiger partial charge in [-0.3, -0.25) is 14.5 Å². The Kier molecular flexibility index (Phi) is 6.07. The number of halogens is 1. The fourth-order valence-corrected chi connectivity index (χ4v) is 4.86. The quantitative estimate of drug-likeness (QED) is 0.257. The van der Waals surface area contributed by atoms with Crippen molar-refractivity contribution in [2.24, 2.45) is 0 Å². The summed E-state index contributed by atoms with van der Waals surface area (Å²) >= 11 is 4.36. The van der Waals surface area contributed by atoms with E-state index in [-0.39, 0.29) is 24.3 Å². The van der Waals surface area contributed by atoms with E-state index in [4.69, 9.17) is 9.15 Å². The molecular weight excluding hydrogens is 502 g/mol. The number of furan rings is 1. The molecule has 3 aromatic carbocycles. The number of amides is 2. The number of carbonyl (C=O) groups excluding carboxylic acids is 2. The predicted molar refractivity (Wildman–Crippen MR) is 134 cm³/mol. The van der Waals surface area contributed by atoms with E-state index in [0.717, 1.165) is 38.3 Å². The molecule has 7 heteroatoms. The van der Waals surface area contributed by atoms with Gasteiger partial charge in [0.15, 0.2) is 0 Å². The second-order valence-corrected chi connectivity index (χ2v) is 9.28. The molecule has 0 aliphatic carbocycles. The molecule has 4 aromatic rings. The van der Waals surface area contributed by atoms with E-state index in [2.05, 4.69) is 15.9 Å². The van der Waals surface area contributed by atoms with E-state index in [0.29, 0.717) is 16.4 Å². The highest BCUT2D eigenvalue weighted by molar-refractivity contribution is 9.10.